The van der Waals surface area contributed by atoms with Crippen LogP contribution in [0.25, 0.3) is 0 Å². The summed E-state index contributed by atoms with van der Waals surface area (Å²) >= 11 is 1.35. The molecule has 0 aliphatic carbocycles. The summed E-state index contributed by atoms with van der Waals surface area (Å²) in [4.78, 5) is 13.5. The standard InChI is InChI=1S/C15H17N3O2S/c1-11-12(10-18(2)17-11)9-16-15(20)14-7-6-13(21-14)5-3-4-8-19/h6-7,10,19H,4,8-9H2,1-2H3,(H,16,20). The maximum Gasteiger partial charge on any atom is 0.261 e. The quantitative estimate of drug-likeness (QED) is 0.840. The van der Waals surface area contributed by atoms with E-state index >= 15 is 0 Å². The molecule has 1 amide bonds. The van der Waals surface area contributed by atoms with Crippen LogP contribution in [0.2, 0.25) is 0 Å². The number of aryl methyl sites for hydroxylation is 2. The number of amides is 1. The van der Waals surface area contributed by atoms with Gasteiger partial charge in [-0.15, -0.1) is 11.3 Å². The van der Waals surface area contributed by atoms with E-state index < -0.39 is 0 Å². The van der Waals surface area contributed by atoms with E-state index in [4.69, 9.17) is 5.11 Å². The van der Waals surface area contributed by atoms with Crippen molar-refractivity contribution in [2.45, 2.75) is 19.9 Å². The molecule has 2 heterocycles. The highest BCUT2D eigenvalue weighted by Crippen LogP contribution is 2.15. The molecular weight excluding hydrogens is 286 g/mol. The Hall–Kier alpha value is -2.10. The van der Waals surface area contributed by atoms with Crippen LogP contribution in [0.1, 0.15) is 32.2 Å². The minimum Gasteiger partial charge on any atom is -0.395 e. The predicted octanol–water partition coefficient (Wildman–Crippen LogP) is 1.45. The molecule has 2 aromatic heterocycles. The second-order valence-corrected chi connectivity index (χ2v) is 5.62. The third-order valence-corrected chi connectivity index (χ3v) is 3.83. The Balaban J connectivity index is 1.95. The summed E-state index contributed by atoms with van der Waals surface area (Å²) in [5.41, 5.74) is 1.92. The SMILES string of the molecule is Cc1nn(C)cc1CNC(=O)c1ccc(C#CCCO)s1. The highest BCUT2D eigenvalue weighted by Gasteiger charge is 2.10. The first-order valence-corrected chi connectivity index (χ1v) is 7.38. The van der Waals surface area contributed by atoms with Gasteiger partial charge in [0, 0.05) is 31.8 Å². The van der Waals surface area contributed by atoms with Crippen molar-refractivity contribution in [3.05, 3.63) is 39.3 Å². The number of nitrogens with zero attached hydrogens (tertiary/aromatic N) is 2. The Morgan fingerprint density at radius 2 is 2.33 bits per heavy atom. The van der Waals surface area contributed by atoms with Crippen molar-refractivity contribution < 1.29 is 9.90 Å². The molecule has 0 spiro atoms. The average Bonchev–Trinajstić information content (AvgIpc) is 3.03. The van der Waals surface area contributed by atoms with E-state index in [-0.39, 0.29) is 12.5 Å². The molecule has 110 valence electrons. The smallest absolute Gasteiger partial charge is 0.261 e. The van der Waals surface area contributed by atoms with E-state index in [1.807, 2.05) is 26.2 Å². The van der Waals surface area contributed by atoms with Gasteiger partial charge in [-0.2, -0.15) is 5.10 Å². The van der Waals surface area contributed by atoms with Gasteiger partial charge in [0.1, 0.15) is 0 Å². The summed E-state index contributed by atoms with van der Waals surface area (Å²) in [6.07, 6.45) is 2.34. The third-order valence-electron chi connectivity index (χ3n) is 2.83. The van der Waals surface area contributed by atoms with Crippen molar-refractivity contribution in [3.63, 3.8) is 0 Å². The van der Waals surface area contributed by atoms with E-state index in [0.29, 0.717) is 17.8 Å². The van der Waals surface area contributed by atoms with E-state index in [0.717, 1.165) is 16.1 Å². The summed E-state index contributed by atoms with van der Waals surface area (Å²) in [5.74, 6) is 5.65. The van der Waals surface area contributed by atoms with Gasteiger partial charge in [-0.05, 0) is 19.1 Å². The molecule has 0 fully saturated rings. The minimum absolute atomic E-state index is 0.0518. The van der Waals surface area contributed by atoms with Gasteiger partial charge < -0.3 is 10.4 Å². The van der Waals surface area contributed by atoms with E-state index in [1.165, 1.54) is 11.3 Å². The van der Waals surface area contributed by atoms with Gasteiger partial charge in [-0.1, -0.05) is 11.8 Å². The summed E-state index contributed by atoms with van der Waals surface area (Å²) in [5, 5.41) is 15.8. The van der Waals surface area contributed by atoms with Gasteiger partial charge >= 0.3 is 0 Å². The molecule has 5 nitrogen and oxygen atoms in total. The number of hydrogen-bond acceptors (Lipinski definition) is 4. The zero-order chi connectivity index (χ0) is 15.2. The van der Waals surface area contributed by atoms with Gasteiger partial charge in [0.05, 0.1) is 22.1 Å². The minimum atomic E-state index is -0.113. The lowest BCUT2D eigenvalue weighted by atomic mass is 10.2. The van der Waals surface area contributed by atoms with Gasteiger partial charge in [0.15, 0.2) is 0 Å². The van der Waals surface area contributed by atoms with Gasteiger partial charge in [0.2, 0.25) is 0 Å². The fraction of sp³-hybridized carbons (Fsp3) is 0.333. The molecule has 0 bridgehead atoms. The lowest BCUT2D eigenvalue weighted by molar-refractivity contribution is 0.0955. The molecule has 2 N–H and O–H groups in total. The number of nitrogens with one attached hydrogen (secondary N) is 1. The third kappa shape index (κ3) is 4.18. The molecule has 0 aliphatic heterocycles. The zero-order valence-corrected chi connectivity index (χ0v) is 12.8. The predicted molar refractivity (Wildman–Crippen MR) is 82.0 cm³/mol. The molecule has 0 unspecified atom stereocenters. The van der Waals surface area contributed by atoms with Crippen LogP contribution >= 0.6 is 11.3 Å². The number of hydrogen-bond donors (Lipinski definition) is 2. The number of rotatable bonds is 4. The second-order valence-electron chi connectivity index (χ2n) is 4.54. The van der Waals surface area contributed by atoms with Crippen LogP contribution < -0.4 is 5.32 Å². The molecule has 6 heteroatoms. The molecule has 0 saturated heterocycles. The van der Waals surface area contributed by atoms with Gasteiger partial charge in [-0.3, -0.25) is 9.48 Å². The van der Waals surface area contributed by atoms with Crippen molar-refractivity contribution in [2.24, 2.45) is 7.05 Å². The number of aliphatic hydroxyl groups excluding tert-OH is 1. The number of carbonyl (C=O) groups is 1. The van der Waals surface area contributed by atoms with Crippen LogP contribution in [0.15, 0.2) is 18.3 Å². The summed E-state index contributed by atoms with van der Waals surface area (Å²) in [6, 6.07) is 3.58. The average molecular weight is 303 g/mol. The Labute approximate surface area is 127 Å². The first-order chi connectivity index (χ1) is 10.1. The van der Waals surface area contributed by atoms with Crippen molar-refractivity contribution in [3.8, 4) is 11.8 Å². The zero-order valence-electron chi connectivity index (χ0n) is 12.0. The molecule has 0 saturated carbocycles. The van der Waals surface area contributed by atoms with Crippen LogP contribution in [0, 0.1) is 18.8 Å². The lowest BCUT2D eigenvalue weighted by Crippen LogP contribution is -2.21. The highest BCUT2D eigenvalue weighted by molar-refractivity contribution is 7.14. The van der Waals surface area contributed by atoms with Crippen LogP contribution in [-0.4, -0.2) is 27.4 Å². The molecule has 0 aliphatic rings. The molecule has 2 aromatic rings. The van der Waals surface area contributed by atoms with Crippen LogP contribution in [-0.2, 0) is 13.6 Å². The van der Waals surface area contributed by atoms with Crippen LogP contribution in [0.4, 0.5) is 0 Å². The largest absolute Gasteiger partial charge is 0.395 e. The normalized spacial score (nSPS) is 10.0. The Bertz CT molecular complexity index is 691. The van der Waals surface area contributed by atoms with Gasteiger partial charge in [0.25, 0.3) is 5.91 Å². The van der Waals surface area contributed by atoms with E-state index in [9.17, 15) is 4.79 Å². The van der Waals surface area contributed by atoms with Crippen molar-refractivity contribution in [2.75, 3.05) is 6.61 Å². The van der Waals surface area contributed by atoms with Crippen molar-refractivity contribution >= 4 is 17.2 Å². The molecular formula is C15H17N3O2S. The molecule has 2 rings (SSSR count). The topological polar surface area (TPSA) is 67.2 Å². The Morgan fingerprint density at radius 1 is 1.52 bits per heavy atom. The van der Waals surface area contributed by atoms with E-state index in [2.05, 4.69) is 22.3 Å². The highest BCUT2D eigenvalue weighted by atomic mass is 32.1. The van der Waals surface area contributed by atoms with Crippen LogP contribution in [0.3, 0.4) is 0 Å². The number of thiophene rings is 1. The summed E-state index contributed by atoms with van der Waals surface area (Å²) in [7, 11) is 1.86. The molecule has 0 atom stereocenters. The fourth-order valence-electron chi connectivity index (χ4n) is 1.82. The van der Waals surface area contributed by atoms with E-state index in [1.54, 1.807) is 10.7 Å². The summed E-state index contributed by atoms with van der Waals surface area (Å²) < 4.78 is 1.73. The Morgan fingerprint density at radius 3 is 3.00 bits per heavy atom. The van der Waals surface area contributed by atoms with Crippen molar-refractivity contribution in [1.29, 1.82) is 0 Å². The maximum absolute atomic E-state index is 12.1. The Kier molecular flexibility index (Phi) is 5.14. The monoisotopic (exact) mass is 303 g/mol. The number of aromatic nitrogens is 2. The molecule has 0 aromatic carbocycles. The second kappa shape index (κ2) is 7.07. The fourth-order valence-corrected chi connectivity index (χ4v) is 2.61. The summed E-state index contributed by atoms with van der Waals surface area (Å²) in [6.45, 7) is 2.43. The number of aliphatic hydroxyl groups is 1. The van der Waals surface area contributed by atoms with Crippen molar-refractivity contribution in [1.82, 2.24) is 15.1 Å². The lowest BCUT2D eigenvalue weighted by Gasteiger charge is -2.01. The maximum atomic E-state index is 12.1. The number of carbonyl (C=O) groups excluding carboxylic acids is 1. The van der Waals surface area contributed by atoms with Crippen LogP contribution in [0.5, 0.6) is 0 Å². The molecule has 21 heavy (non-hydrogen) atoms. The first-order valence-electron chi connectivity index (χ1n) is 6.57. The first kappa shape index (κ1) is 15.3. The molecule has 0 radical (unpaired) electrons. The van der Waals surface area contributed by atoms with Gasteiger partial charge in [-0.25, -0.2) is 0 Å².